The topological polar surface area (TPSA) is 84.0 Å². The normalized spacial score (nSPS) is 10.8. The number of halogens is 1. The fourth-order valence-electron chi connectivity index (χ4n) is 2.72. The van der Waals surface area contributed by atoms with Crippen LogP contribution in [0.3, 0.4) is 0 Å². The summed E-state index contributed by atoms with van der Waals surface area (Å²) in [5.74, 6) is -0.393. The minimum Gasteiger partial charge on any atom is -0.350 e. The highest BCUT2D eigenvalue weighted by Gasteiger charge is 2.14. The third-order valence-corrected chi connectivity index (χ3v) is 4.98. The molecule has 0 aliphatic carbocycles. The van der Waals surface area contributed by atoms with Crippen molar-refractivity contribution in [3.05, 3.63) is 45.7 Å². The van der Waals surface area contributed by atoms with Crippen molar-refractivity contribution in [2.24, 2.45) is 0 Å². The molecule has 2 aromatic rings. The largest absolute Gasteiger partial charge is 0.350 e. The Morgan fingerprint density at radius 3 is 2.39 bits per heavy atom. The van der Waals surface area contributed by atoms with Crippen molar-refractivity contribution in [1.82, 2.24) is 15.3 Å². The predicted octanol–water partition coefficient (Wildman–Crippen LogP) is 4.18. The van der Waals surface area contributed by atoms with E-state index in [2.05, 4.69) is 20.6 Å². The van der Waals surface area contributed by atoms with Gasteiger partial charge in [0, 0.05) is 29.4 Å². The van der Waals surface area contributed by atoms with Crippen molar-refractivity contribution in [3.63, 3.8) is 0 Å². The van der Waals surface area contributed by atoms with Crippen LogP contribution in [0.5, 0.6) is 0 Å². The molecular weight excluding hydrogens is 396 g/mol. The van der Waals surface area contributed by atoms with Crippen molar-refractivity contribution in [1.29, 1.82) is 0 Å². The Labute approximate surface area is 174 Å². The maximum Gasteiger partial charge on any atom is 0.251 e. The minimum atomic E-state index is -0.209. The van der Waals surface area contributed by atoms with Crippen LogP contribution in [0, 0.1) is 13.8 Å². The number of aryl methyl sites for hydroxylation is 2. The van der Waals surface area contributed by atoms with Gasteiger partial charge in [-0.25, -0.2) is 9.97 Å². The van der Waals surface area contributed by atoms with E-state index >= 15 is 0 Å². The van der Waals surface area contributed by atoms with E-state index in [1.807, 2.05) is 34.0 Å². The van der Waals surface area contributed by atoms with Crippen LogP contribution in [0.2, 0.25) is 5.02 Å². The summed E-state index contributed by atoms with van der Waals surface area (Å²) in [7, 11) is 0. The van der Waals surface area contributed by atoms with E-state index in [1.54, 1.807) is 18.2 Å². The highest BCUT2D eigenvalue weighted by atomic mass is 35.5. The molecule has 6 nitrogen and oxygen atoms in total. The molecule has 0 unspecified atom stereocenters. The van der Waals surface area contributed by atoms with Gasteiger partial charge in [0.2, 0.25) is 5.91 Å². The number of aromatic nitrogens is 2. The zero-order chi connectivity index (χ0) is 20.8. The lowest BCUT2D eigenvalue weighted by Gasteiger charge is -2.12. The lowest BCUT2D eigenvalue weighted by atomic mass is 10.1. The van der Waals surface area contributed by atoms with Crippen LogP contribution >= 0.6 is 23.4 Å². The number of benzene rings is 1. The Kier molecular flexibility index (Phi) is 7.83. The zero-order valence-electron chi connectivity index (χ0n) is 16.7. The summed E-state index contributed by atoms with van der Waals surface area (Å²) in [6.45, 7) is 7.62. The van der Waals surface area contributed by atoms with E-state index < -0.39 is 0 Å². The number of nitrogens with one attached hydrogen (secondary N) is 2. The second-order valence-electron chi connectivity index (χ2n) is 6.73. The van der Waals surface area contributed by atoms with Crippen molar-refractivity contribution < 1.29 is 9.59 Å². The van der Waals surface area contributed by atoms with Gasteiger partial charge in [0.1, 0.15) is 0 Å². The Hall–Kier alpha value is -2.12. The Balaban J connectivity index is 2.06. The molecule has 2 N–H and O–H groups in total. The fraction of sp³-hybridized carbons (Fsp3) is 0.400. The van der Waals surface area contributed by atoms with Gasteiger partial charge in [0.15, 0.2) is 5.16 Å². The molecule has 0 aliphatic rings. The molecule has 1 heterocycles. The Morgan fingerprint density at radius 2 is 1.82 bits per heavy atom. The molecule has 0 atom stereocenters. The van der Waals surface area contributed by atoms with Gasteiger partial charge in [0.25, 0.3) is 5.91 Å². The van der Waals surface area contributed by atoms with Crippen LogP contribution in [0.25, 0.3) is 0 Å². The van der Waals surface area contributed by atoms with Gasteiger partial charge in [-0.3, -0.25) is 9.59 Å². The van der Waals surface area contributed by atoms with Crippen LogP contribution in [0.1, 0.15) is 47.6 Å². The third kappa shape index (κ3) is 5.94. The van der Waals surface area contributed by atoms with Crippen LogP contribution < -0.4 is 10.6 Å². The number of amides is 2. The Morgan fingerprint density at radius 1 is 1.18 bits per heavy atom. The van der Waals surface area contributed by atoms with Crippen molar-refractivity contribution in [2.75, 3.05) is 11.6 Å². The summed E-state index contributed by atoms with van der Waals surface area (Å²) in [5.41, 5.74) is 3.61. The molecule has 0 saturated heterocycles. The average molecular weight is 421 g/mol. The predicted molar refractivity (Wildman–Crippen MR) is 114 cm³/mol. The monoisotopic (exact) mass is 420 g/mol. The Bertz CT molecular complexity index is 863. The molecule has 2 amide bonds. The standard InChI is InChI=1S/C20H25ClN4O2S/c1-11(2)22-19(27)14-6-8-16(21)17(10-14)25-18(26)9-7-15-12(3)23-20(28-5)24-13(15)4/h6,8,10-11H,7,9H2,1-5H3,(H,22,27)(H,25,26). The van der Waals surface area contributed by atoms with E-state index in [1.165, 1.54) is 11.8 Å². The first-order valence-corrected chi connectivity index (χ1v) is 10.6. The maximum atomic E-state index is 12.4. The van der Waals surface area contributed by atoms with Crippen molar-refractivity contribution in [2.45, 2.75) is 51.7 Å². The summed E-state index contributed by atoms with van der Waals surface area (Å²) in [4.78, 5) is 33.5. The smallest absolute Gasteiger partial charge is 0.251 e. The lowest BCUT2D eigenvalue weighted by Crippen LogP contribution is -2.30. The highest BCUT2D eigenvalue weighted by Crippen LogP contribution is 2.24. The number of hydrogen-bond donors (Lipinski definition) is 2. The van der Waals surface area contributed by atoms with Crippen LogP contribution in [0.15, 0.2) is 23.4 Å². The number of anilines is 1. The number of rotatable bonds is 7. The number of thioether (sulfide) groups is 1. The van der Waals surface area contributed by atoms with Gasteiger partial charge in [-0.1, -0.05) is 23.4 Å². The highest BCUT2D eigenvalue weighted by molar-refractivity contribution is 7.98. The van der Waals surface area contributed by atoms with E-state index in [4.69, 9.17) is 11.6 Å². The van der Waals surface area contributed by atoms with Crippen LogP contribution in [0.4, 0.5) is 5.69 Å². The van der Waals surface area contributed by atoms with Gasteiger partial charge in [-0.2, -0.15) is 0 Å². The summed E-state index contributed by atoms with van der Waals surface area (Å²) < 4.78 is 0. The summed E-state index contributed by atoms with van der Waals surface area (Å²) >= 11 is 7.67. The lowest BCUT2D eigenvalue weighted by molar-refractivity contribution is -0.116. The molecule has 1 aromatic carbocycles. The number of nitrogens with zero attached hydrogens (tertiary/aromatic N) is 2. The molecular formula is C20H25ClN4O2S. The average Bonchev–Trinajstić information content (AvgIpc) is 2.62. The SMILES string of the molecule is CSc1nc(C)c(CCC(=O)Nc2cc(C(=O)NC(C)C)ccc2Cl)c(C)n1. The zero-order valence-corrected chi connectivity index (χ0v) is 18.3. The molecule has 0 fully saturated rings. The molecule has 8 heteroatoms. The van der Waals surface area contributed by atoms with Crippen LogP contribution in [-0.2, 0) is 11.2 Å². The molecule has 2 rings (SSSR count). The quantitative estimate of drug-likeness (QED) is 0.518. The molecule has 0 aliphatic heterocycles. The molecule has 0 radical (unpaired) electrons. The molecule has 0 spiro atoms. The fourth-order valence-corrected chi connectivity index (χ4v) is 3.34. The summed E-state index contributed by atoms with van der Waals surface area (Å²) in [5, 5.41) is 6.72. The molecule has 0 saturated carbocycles. The van der Waals surface area contributed by atoms with Crippen molar-refractivity contribution >= 4 is 40.9 Å². The molecule has 28 heavy (non-hydrogen) atoms. The maximum absolute atomic E-state index is 12.4. The van der Waals surface area contributed by atoms with Gasteiger partial charge in [-0.15, -0.1) is 0 Å². The third-order valence-electron chi connectivity index (χ3n) is 4.11. The minimum absolute atomic E-state index is 0.0208. The van der Waals surface area contributed by atoms with E-state index in [9.17, 15) is 9.59 Å². The molecule has 1 aromatic heterocycles. The van der Waals surface area contributed by atoms with E-state index in [0.29, 0.717) is 22.7 Å². The first-order chi connectivity index (χ1) is 13.2. The van der Waals surface area contributed by atoms with Gasteiger partial charge in [0.05, 0.1) is 10.7 Å². The van der Waals surface area contributed by atoms with Crippen molar-refractivity contribution in [3.8, 4) is 0 Å². The van der Waals surface area contributed by atoms with Gasteiger partial charge >= 0.3 is 0 Å². The second-order valence-corrected chi connectivity index (χ2v) is 7.91. The van der Waals surface area contributed by atoms with Gasteiger partial charge < -0.3 is 10.6 Å². The molecule has 150 valence electrons. The summed E-state index contributed by atoms with van der Waals surface area (Å²) in [6.07, 6.45) is 2.73. The first kappa shape index (κ1) is 22.2. The van der Waals surface area contributed by atoms with E-state index in [0.717, 1.165) is 22.1 Å². The number of carbonyl (C=O) groups excluding carboxylic acids is 2. The molecule has 0 bridgehead atoms. The van der Waals surface area contributed by atoms with E-state index in [-0.39, 0.29) is 24.3 Å². The summed E-state index contributed by atoms with van der Waals surface area (Å²) in [6, 6.07) is 4.85. The van der Waals surface area contributed by atoms with Crippen LogP contribution in [-0.4, -0.2) is 34.1 Å². The first-order valence-electron chi connectivity index (χ1n) is 8.99. The second kappa shape index (κ2) is 9.89. The van der Waals surface area contributed by atoms with Gasteiger partial charge in [-0.05, 0) is 64.1 Å². The number of hydrogen-bond acceptors (Lipinski definition) is 5. The number of carbonyl (C=O) groups is 2.